The minimum atomic E-state index is -0.561. The molecule has 172 valence electrons. The summed E-state index contributed by atoms with van der Waals surface area (Å²) in [5, 5.41) is 14.1. The molecule has 0 unspecified atom stereocenters. The van der Waals surface area contributed by atoms with Gasteiger partial charge < -0.3 is 14.8 Å². The maximum atomic E-state index is 13.5. The summed E-state index contributed by atoms with van der Waals surface area (Å²) >= 11 is 0. The van der Waals surface area contributed by atoms with Gasteiger partial charge in [0, 0.05) is 18.2 Å². The first-order chi connectivity index (χ1) is 16.3. The van der Waals surface area contributed by atoms with Crippen LogP contribution in [0.15, 0.2) is 72.4 Å². The number of hydrogen-bond donors (Lipinski definition) is 1. The summed E-state index contributed by atoms with van der Waals surface area (Å²) < 4.78 is 10.7. The van der Waals surface area contributed by atoms with Gasteiger partial charge in [0.25, 0.3) is 17.5 Å². The number of nitrogens with one attached hydrogen (secondary N) is 1. The number of aryl methyl sites for hydroxylation is 1. The lowest BCUT2D eigenvalue weighted by atomic mass is 10.0. The second-order valence-electron chi connectivity index (χ2n) is 7.53. The summed E-state index contributed by atoms with van der Waals surface area (Å²) in [6.07, 6.45) is 0. The summed E-state index contributed by atoms with van der Waals surface area (Å²) in [5.41, 5.74) is 2.07. The maximum Gasteiger partial charge on any atom is 0.282 e. The summed E-state index contributed by atoms with van der Waals surface area (Å²) in [6, 6.07) is 17.5. The molecule has 0 aliphatic carbocycles. The molecule has 9 nitrogen and oxygen atoms in total. The van der Waals surface area contributed by atoms with Gasteiger partial charge in [0.1, 0.15) is 17.2 Å². The number of imide groups is 1. The van der Waals surface area contributed by atoms with Crippen LogP contribution in [0.25, 0.3) is 5.57 Å². The van der Waals surface area contributed by atoms with Crippen molar-refractivity contribution < 1.29 is 24.0 Å². The fourth-order valence-electron chi connectivity index (χ4n) is 3.71. The summed E-state index contributed by atoms with van der Waals surface area (Å²) in [6.45, 7) is 1.86. The normalized spacial score (nSPS) is 13.3. The van der Waals surface area contributed by atoms with E-state index in [0.29, 0.717) is 28.4 Å². The summed E-state index contributed by atoms with van der Waals surface area (Å²) in [7, 11) is 3.00. The van der Waals surface area contributed by atoms with Crippen LogP contribution in [0.4, 0.5) is 17.1 Å². The van der Waals surface area contributed by atoms with Crippen molar-refractivity contribution in [3.8, 4) is 11.5 Å². The van der Waals surface area contributed by atoms with Crippen molar-refractivity contribution >= 4 is 34.4 Å². The van der Waals surface area contributed by atoms with Gasteiger partial charge in [-0.3, -0.25) is 19.7 Å². The van der Waals surface area contributed by atoms with Crippen LogP contribution in [0, 0.1) is 17.0 Å². The molecule has 9 heteroatoms. The van der Waals surface area contributed by atoms with E-state index in [2.05, 4.69) is 5.32 Å². The number of carbonyl (C=O) groups is 2. The molecule has 3 aromatic rings. The monoisotopic (exact) mass is 459 g/mol. The van der Waals surface area contributed by atoms with Gasteiger partial charge in [0.05, 0.1) is 36.1 Å². The Morgan fingerprint density at radius 3 is 2.26 bits per heavy atom. The molecule has 4 rings (SSSR count). The predicted octanol–water partition coefficient (Wildman–Crippen LogP) is 4.32. The number of methoxy groups -OCH3 is 2. The molecular formula is C25H21N3O6. The SMILES string of the molecule is COc1ccc(OC)c(NC2=C(c3ccc([N+](=O)[O-])cc3)C(=O)N(c3cccc(C)c3)C2=O)c1. The fourth-order valence-corrected chi connectivity index (χ4v) is 3.71. The Morgan fingerprint density at radius 1 is 0.912 bits per heavy atom. The van der Waals surface area contributed by atoms with Crippen LogP contribution >= 0.6 is 0 Å². The lowest BCUT2D eigenvalue weighted by Gasteiger charge is -2.16. The Labute approximate surface area is 195 Å². The number of amides is 2. The van der Waals surface area contributed by atoms with E-state index >= 15 is 0 Å². The van der Waals surface area contributed by atoms with Gasteiger partial charge in [-0.15, -0.1) is 0 Å². The third-order valence-electron chi connectivity index (χ3n) is 5.38. The van der Waals surface area contributed by atoms with Crippen molar-refractivity contribution in [3.05, 3.63) is 93.7 Å². The van der Waals surface area contributed by atoms with Crippen LogP contribution in [0.3, 0.4) is 0 Å². The molecule has 0 aromatic heterocycles. The first-order valence-corrected chi connectivity index (χ1v) is 10.3. The molecule has 1 heterocycles. The maximum absolute atomic E-state index is 13.5. The van der Waals surface area contributed by atoms with Crippen LogP contribution in [-0.2, 0) is 9.59 Å². The van der Waals surface area contributed by atoms with E-state index in [1.165, 1.54) is 38.5 Å². The smallest absolute Gasteiger partial charge is 0.282 e. The Morgan fingerprint density at radius 2 is 1.65 bits per heavy atom. The van der Waals surface area contributed by atoms with Gasteiger partial charge in [0.2, 0.25) is 0 Å². The number of nitrogens with zero attached hydrogens (tertiary/aromatic N) is 2. The third-order valence-corrected chi connectivity index (χ3v) is 5.38. The van der Waals surface area contributed by atoms with Gasteiger partial charge in [0.15, 0.2) is 0 Å². The number of benzene rings is 3. The standard InChI is InChI=1S/C25H21N3O6/c1-15-5-4-6-18(13-15)27-24(29)22(16-7-9-17(10-8-16)28(31)32)23(25(27)30)26-20-14-19(33-2)11-12-21(20)34-3/h4-14,26H,1-3H3. The largest absolute Gasteiger partial charge is 0.497 e. The van der Waals surface area contributed by atoms with E-state index in [4.69, 9.17) is 9.47 Å². The molecule has 0 saturated heterocycles. The van der Waals surface area contributed by atoms with E-state index < -0.39 is 16.7 Å². The van der Waals surface area contributed by atoms with Crippen molar-refractivity contribution in [1.29, 1.82) is 0 Å². The highest BCUT2D eigenvalue weighted by molar-refractivity contribution is 6.46. The molecular weight excluding hydrogens is 438 g/mol. The van der Waals surface area contributed by atoms with Crippen molar-refractivity contribution in [2.45, 2.75) is 6.92 Å². The van der Waals surface area contributed by atoms with E-state index in [1.807, 2.05) is 13.0 Å². The summed E-state index contributed by atoms with van der Waals surface area (Å²) in [4.78, 5) is 38.7. The molecule has 1 aliphatic rings. The quantitative estimate of drug-likeness (QED) is 0.318. The Balaban J connectivity index is 1.86. The second-order valence-corrected chi connectivity index (χ2v) is 7.53. The highest BCUT2D eigenvalue weighted by atomic mass is 16.6. The zero-order chi connectivity index (χ0) is 24.4. The molecule has 34 heavy (non-hydrogen) atoms. The topological polar surface area (TPSA) is 111 Å². The van der Waals surface area contributed by atoms with Crippen LogP contribution in [0.5, 0.6) is 11.5 Å². The number of rotatable bonds is 7. The molecule has 1 N–H and O–H groups in total. The summed E-state index contributed by atoms with van der Waals surface area (Å²) in [5.74, 6) is -0.152. The van der Waals surface area contributed by atoms with Gasteiger partial charge >= 0.3 is 0 Å². The Bertz CT molecular complexity index is 1330. The van der Waals surface area contributed by atoms with Crippen molar-refractivity contribution in [1.82, 2.24) is 0 Å². The molecule has 0 atom stereocenters. The number of hydrogen-bond acceptors (Lipinski definition) is 7. The third kappa shape index (κ3) is 4.06. The molecule has 0 fully saturated rings. The van der Waals surface area contributed by atoms with Gasteiger partial charge in [-0.2, -0.15) is 0 Å². The molecule has 0 saturated carbocycles. The zero-order valence-corrected chi connectivity index (χ0v) is 18.7. The zero-order valence-electron chi connectivity index (χ0n) is 18.7. The Hall–Kier alpha value is -4.66. The first kappa shape index (κ1) is 22.5. The number of non-ortho nitro benzene ring substituents is 1. The van der Waals surface area contributed by atoms with E-state index in [0.717, 1.165) is 10.5 Å². The average molecular weight is 459 g/mol. The molecule has 0 bridgehead atoms. The van der Waals surface area contributed by atoms with Crippen LogP contribution in [0.2, 0.25) is 0 Å². The number of nitro benzene ring substituents is 1. The molecule has 0 spiro atoms. The highest BCUT2D eigenvalue weighted by Crippen LogP contribution is 2.37. The number of nitro groups is 1. The lowest BCUT2D eigenvalue weighted by Crippen LogP contribution is -2.32. The van der Waals surface area contributed by atoms with Gasteiger partial charge in [-0.1, -0.05) is 12.1 Å². The van der Waals surface area contributed by atoms with E-state index in [1.54, 1.807) is 36.4 Å². The van der Waals surface area contributed by atoms with Crippen molar-refractivity contribution in [2.24, 2.45) is 0 Å². The van der Waals surface area contributed by atoms with Crippen LogP contribution in [0.1, 0.15) is 11.1 Å². The van der Waals surface area contributed by atoms with E-state index in [9.17, 15) is 19.7 Å². The average Bonchev–Trinajstić information content (AvgIpc) is 3.08. The first-order valence-electron chi connectivity index (χ1n) is 10.3. The number of carbonyl (C=O) groups excluding carboxylic acids is 2. The molecule has 0 radical (unpaired) electrons. The van der Waals surface area contributed by atoms with Gasteiger partial charge in [-0.25, -0.2) is 4.90 Å². The van der Waals surface area contributed by atoms with Gasteiger partial charge in [-0.05, 0) is 54.4 Å². The number of anilines is 2. The molecule has 1 aliphatic heterocycles. The van der Waals surface area contributed by atoms with Crippen molar-refractivity contribution in [2.75, 3.05) is 24.4 Å². The lowest BCUT2D eigenvalue weighted by molar-refractivity contribution is -0.384. The minimum Gasteiger partial charge on any atom is -0.497 e. The minimum absolute atomic E-state index is 0.0203. The molecule has 2 amide bonds. The van der Waals surface area contributed by atoms with Crippen molar-refractivity contribution in [3.63, 3.8) is 0 Å². The number of ether oxygens (including phenoxy) is 2. The van der Waals surface area contributed by atoms with E-state index in [-0.39, 0.29) is 17.0 Å². The second kappa shape index (κ2) is 9.07. The molecule has 3 aromatic carbocycles. The fraction of sp³-hybridized carbons (Fsp3) is 0.120. The van der Waals surface area contributed by atoms with Crippen LogP contribution in [-0.4, -0.2) is 31.0 Å². The highest BCUT2D eigenvalue weighted by Gasteiger charge is 2.40. The Kier molecular flexibility index (Phi) is 6.01. The van der Waals surface area contributed by atoms with Crippen LogP contribution < -0.4 is 19.7 Å². The predicted molar refractivity (Wildman–Crippen MR) is 127 cm³/mol.